The van der Waals surface area contributed by atoms with Crippen molar-refractivity contribution in [3.8, 4) is 0 Å². The zero-order chi connectivity index (χ0) is 11.4. The van der Waals surface area contributed by atoms with Crippen LogP contribution >= 0.6 is 0 Å². The van der Waals surface area contributed by atoms with Crippen molar-refractivity contribution in [1.29, 1.82) is 0 Å². The van der Waals surface area contributed by atoms with E-state index in [4.69, 9.17) is 0 Å². The number of rotatable bonds is 5. The van der Waals surface area contributed by atoms with E-state index in [2.05, 4.69) is 43.4 Å². The maximum Gasteiger partial charge on any atom is 0.0136 e. The zero-order valence-electron chi connectivity index (χ0n) is 10.5. The molecule has 1 heteroatoms. The molecule has 0 amide bonds. The molecule has 0 aliphatic heterocycles. The Morgan fingerprint density at radius 1 is 1.38 bits per heavy atom. The molecule has 1 aliphatic carbocycles. The molecule has 0 heterocycles. The van der Waals surface area contributed by atoms with Crippen LogP contribution < -0.4 is 5.32 Å². The van der Waals surface area contributed by atoms with Gasteiger partial charge in [-0.3, -0.25) is 0 Å². The summed E-state index contributed by atoms with van der Waals surface area (Å²) in [7, 11) is 0. The van der Waals surface area contributed by atoms with Crippen molar-refractivity contribution in [2.75, 3.05) is 6.54 Å². The van der Waals surface area contributed by atoms with E-state index in [9.17, 15) is 0 Å². The standard InChI is InChI=1S/C15H23N/c1-3-16-15(14-8-5-9-14)11-13-7-4-6-12(2)10-13/h4,6-7,10,14-16H,3,5,8-9,11H2,1-2H3. The fraction of sp³-hybridized carbons (Fsp3) is 0.600. The van der Waals surface area contributed by atoms with Crippen LogP contribution in [0.3, 0.4) is 0 Å². The van der Waals surface area contributed by atoms with Gasteiger partial charge >= 0.3 is 0 Å². The topological polar surface area (TPSA) is 12.0 Å². The normalized spacial score (nSPS) is 18.1. The molecule has 2 rings (SSSR count). The summed E-state index contributed by atoms with van der Waals surface area (Å²) in [6.45, 7) is 5.48. The van der Waals surface area contributed by atoms with Gasteiger partial charge in [-0.15, -0.1) is 0 Å². The van der Waals surface area contributed by atoms with Crippen molar-refractivity contribution < 1.29 is 0 Å². The molecule has 0 aromatic heterocycles. The average molecular weight is 217 g/mol. The number of benzene rings is 1. The highest BCUT2D eigenvalue weighted by Gasteiger charge is 2.26. The highest BCUT2D eigenvalue weighted by molar-refractivity contribution is 5.23. The summed E-state index contributed by atoms with van der Waals surface area (Å²) >= 11 is 0. The molecule has 88 valence electrons. The molecule has 1 atom stereocenters. The quantitative estimate of drug-likeness (QED) is 0.798. The molecule has 1 fully saturated rings. The maximum absolute atomic E-state index is 3.65. The molecule has 1 aromatic rings. The molecule has 16 heavy (non-hydrogen) atoms. The Kier molecular flexibility index (Phi) is 4.00. The minimum Gasteiger partial charge on any atom is -0.314 e. The molecule has 0 saturated heterocycles. The third kappa shape index (κ3) is 2.85. The molecule has 0 bridgehead atoms. The van der Waals surface area contributed by atoms with E-state index in [0.717, 1.165) is 12.5 Å². The molecule has 0 radical (unpaired) electrons. The van der Waals surface area contributed by atoms with Crippen molar-refractivity contribution in [2.24, 2.45) is 5.92 Å². The lowest BCUT2D eigenvalue weighted by Crippen LogP contribution is -2.41. The van der Waals surface area contributed by atoms with Gasteiger partial charge in [0.1, 0.15) is 0 Å². The summed E-state index contributed by atoms with van der Waals surface area (Å²) in [6.07, 6.45) is 5.47. The molecule has 0 spiro atoms. The van der Waals surface area contributed by atoms with Gasteiger partial charge in [0.05, 0.1) is 0 Å². The van der Waals surface area contributed by atoms with Gasteiger partial charge in [-0.1, -0.05) is 43.2 Å². The first-order valence-corrected chi connectivity index (χ1v) is 6.58. The van der Waals surface area contributed by atoms with Crippen molar-refractivity contribution >= 4 is 0 Å². The predicted molar refractivity (Wildman–Crippen MR) is 69.7 cm³/mol. The van der Waals surface area contributed by atoms with Crippen LogP contribution in [0.5, 0.6) is 0 Å². The smallest absolute Gasteiger partial charge is 0.0136 e. The summed E-state index contributed by atoms with van der Waals surface area (Å²) < 4.78 is 0. The van der Waals surface area contributed by atoms with Crippen LogP contribution in [0, 0.1) is 12.8 Å². The zero-order valence-corrected chi connectivity index (χ0v) is 10.5. The van der Waals surface area contributed by atoms with Gasteiger partial charge in [-0.2, -0.15) is 0 Å². The second-order valence-electron chi connectivity index (χ2n) is 5.05. The summed E-state index contributed by atoms with van der Waals surface area (Å²) in [4.78, 5) is 0. The first kappa shape index (κ1) is 11.7. The van der Waals surface area contributed by atoms with Gasteiger partial charge in [-0.05, 0) is 44.2 Å². The molecular formula is C15H23N. The molecule has 1 aromatic carbocycles. The lowest BCUT2D eigenvalue weighted by atomic mass is 9.77. The van der Waals surface area contributed by atoms with Crippen LogP contribution in [0.2, 0.25) is 0 Å². The van der Waals surface area contributed by atoms with Gasteiger partial charge in [0, 0.05) is 6.04 Å². The first-order valence-electron chi connectivity index (χ1n) is 6.58. The van der Waals surface area contributed by atoms with Crippen molar-refractivity contribution in [2.45, 2.75) is 45.6 Å². The number of hydrogen-bond acceptors (Lipinski definition) is 1. The predicted octanol–water partition coefficient (Wildman–Crippen LogP) is 3.32. The molecule has 1 nitrogen and oxygen atoms in total. The summed E-state index contributed by atoms with van der Waals surface area (Å²) in [6, 6.07) is 9.63. The largest absolute Gasteiger partial charge is 0.314 e. The molecule has 1 N–H and O–H groups in total. The van der Waals surface area contributed by atoms with E-state index >= 15 is 0 Å². The van der Waals surface area contributed by atoms with Crippen molar-refractivity contribution in [1.82, 2.24) is 5.32 Å². The minimum atomic E-state index is 0.695. The van der Waals surface area contributed by atoms with Gasteiger partial charge in [0.2, 0.25) is 0 Å². The van der Waals surface area contributed by atoms with E-state index in [1.807, 2.05) is 0 Å². The van der Waals surface area contributed by atoms with E-state index in [-0.39, 0.29) is 0 Å². The third-order valence-corrected chi connectivity index (χ3v) is 3.72. The van der Waals surface area contributed by atoms with Crippen LogP contribution in [0.25, 0.3) is 0 Å². The van der Waals surface area contributed by atoms with Gasteiger partial charge in [0.15, 0.2) is 0 Å². The van der Waals surface area contributed by atoms with E-state index < -0.39 is 0 Å². The Bertz CT molecular complexity index is 328. The highest BCUT2D eigenvalue weighted by Crippen LogP contribution is 2.31. The van der Waals surface area contributed by atoms with E-state index in [1.54, 1.807) is 0 Å². The maximum atomic E-state index is 3.65. The van der Waals surface area contributed by atoms with Crippen molar-refractivity contribution in [3.63, 3.8) is 0 Å². The molecule has 1 aliphatic rings. The Labute approximate surface area is 99.3 Å². The van der Waals surface area contributed by atoms with E-state index in [1.165, 1.54) is 36.8 Å². The van der Waals surface area contributed by atoms with Crippen LogP contribution in [0.1, 0.15) is 37.3 Å². The van der Waals surface area contributed by atoms with Gasteiger partial charge in [-0.25, -0.2) is 0 Å². The highest BCUT2D eigenvalue weighted by atomic mass is 14.9. The van der Waals surface area contributed by atoms with Crippen LogP contribution in [-0.2, 0) is 6.42 Å². The SMILES string of the molecule is CCNC(Cc1cccc(C)c1)C1CCC1. The monoisotopic (exact) mass is 217 g/mol. The summed E-state index contributed by atoms with van der Waals surface area (Å²) in [5, 5.41) is 3.65. The Balaban J connectivity index is 1.98. The van der Waals surface area contributed by atoms with Crippen molar-refractivity contribution in [3.05, 3.63) is 35.4 Å². The van der Waals surface area contributed by atoms with Crippen LogP contribution in [-0.4, -0.2) is 12.6 Å². The Morgan fingerprint density at radius 3 is 2.75 bits per heavy atom. The molecule has 1 unspecified atom stereocenters. The van der Waals surface area contributed by atoms with Gasteiger partial charge < -0.3 is 5.32 Å². The lowest BCUT2D eigenvalue weighted by molar-refractivity contribution is 0.229. The number of aryl methyl sites for hydroxylation is 1. The third-order valence-electron chi connectivity index (χ3n) is 3.72. The average Bonchev–Trinajstić information content (AvgIpc) is 2.15. The Morgan fingerprint density at radius 2 is 2.19 bits per heavy atom. The summed E-state index contributed by atoms with van der Waals surface area (Å²) in [5.74, 6) is 0.917. The molecule has 1 saturated carbocycles. The lowest BCUT2D eigenvalue weighted by Gasteiger charge is -2.34. The van der Waals surface area contributed by atoms with Crippen LogP contribution in [0.4, 0.5) is 0 Å². The Hall–Kier alpha value is -0.820. The number of hydrogen-bond donors (Lipinski definition) is 1. The fourth-order valence-electron chi connectivity index (χ4n) is 2.60. The van der Waals surface area contributed by atoms with Crippen LogP contribution in [0.15, 0.2) is 24.3 Å². The van der Waals surface area contributed by atoms with Gasteiger partial charge in [0.25, 0.3) is 0 Å². The fourth-order valence-corrected chi connectivity index (χ4v) is 2.60. The minimum absolute atomic E-state index is 0.695. The number of nitrogens with one attached hydrogen (secondary N) is 1. The second kappa shape index (κ2) is 5.49. The molecular weight excluding hydrogens is 194 g/mol. The first-order chi connectivity index (χ1) is 7.79. The van der Waals surface area contributed by atoms with E-state index in [0.29, 0.717) is 6.04 Å². The number of likely N-dealkylation sites (N-methyl/N-ethyl adjacent to an activating group) is 1. The second-order valence-corrected chi connectivity index (χ2v) is 5.05. The summed E-state index contributed by atoms with van der Waals surface area (Å²) in [5.41, 5.74) is 2.86.